The summed E-state index contributed by atoms with van der Waals surface area (Å²) in [6, 6.07) is 0. The molecule has 0 aromatic carbocycles. The van der Waals surface area contributed by atoms with E-state index >= 15 is 0 Å². The van der Waals surface area contributed by atoms with Gasteiger partial charge < -0.3 is 14.4 Å². The molecule has 104 valence electrons. The van der Waals surface area contributed by atoms with Crippen LogP contribution in [0.2, 0.25) is 0 Å². The Kier molecular flexibility index (Phi) is 13.7. The summed E-state index contributed by atoms with van der Waals surface area (Å²) in [5, 5.41) is 9.24. The molecule has 0 aliphatic heterocycles. The van der Waals surface area contributed by atoms with Crippen molar-refractivity contribution in [2.75, 3.05) is 19.0 Å². The molecule has 0 aromatic heterocycles. The van der Waals surface area contributed by atoms with Gasteiger partial charge in [-0.05, 0) is 12.3 Å². The maximum atomic E-state index is 10.4. The molecule has 0 aromatic rings. The van der Waals surface area contributed by atoms with Gasteiger partial charge in [0.2, 0.25) is 0 Å². The Hall–Kier alpha value is 0.830. The largest absolute Gasteiger partial charge is 1.00 e. The van der Waals surface area contributed by atoms with Crippen molar-refractivity contribution < 1.29 is 52.4 Å². The quantitative estimate of drug-likeness (QED) is 0.376. The zero-order valence-corrected chi connectivity index (χ0v) is 14.4. The van der Waals surface area contributed by atoms with Crippen LogP contribution in [0.5, 0.6) is 0 Å². The van der Waals surface area contributed by atoms with Crippen molar-refractivity contribution in [1.82, 2.24) is 0 Å². The van der Waals surface area contributed by atoms with Gasteiger partial charge in [0.25, 0.3) is 0 Å². The third-order valence-electron chi connectivity index (χ3n) is 2.60. The topological polar surface area (TPSA) is 86.7 Å². The Labute approximate surface area is 132 Å². The predicted molar refractivity (Wildman–Crippen MR) is 64.7 cm³/mol. The zero-order chi connectivity index (χ0) is 13.3. The van der Waals surface area contributed by atoms with Crippen LogP contribution in [0.4, 0.5) is 0 Å². The zero-order valence-electron chi connectivity index (χ0n) is 11.6. The summed E-state index contributed by atoms with van der Waals surface area (Å²) in [7, 11) is -4.37. The van der Waals surface area contributed by atoms with Crippen LogP contribution in [0.25, 0.3) is 0 Å². The van der Waals surface area contributed by atoms with Crippen LogP contribution in [0.15, 0.2) is 0 Å². The molecule has 7 heteroatoms. The summed E-state index contributed by atoms with van der Waals surface area (Å²) < 4.78 is 36.3. The third-order valence-corrected chi connectivity index (χ3v) is 3.40. The molecule has 0 heterocycles. The molecule has 0 fully saturated rings. The van der Waals surface area contributed by atoms with Gasteiger partial charge in [-0.3, -0.25) is 0 Å². The Morgan fingerprint density at radius 3 is 2.33 bits per heavy atom. The summed E-state index contributed by atoms with van der Waals surface area (Å²) in [6.07, 6.45) is 3.12. The Morgan fingerprint density at radius 1 is 1.28 bits per heavy atom. The molecule has 0 aliphatic carbocycles. The van der Waals surface area contributed by atoms with Gasteiger partial charge in [0.15, 0.2) is 0 Å². The number of unbranched alkanes of at least 4 members (excludes halogenated alkanes) is 1. The van der Waals surface area contributed by atoms with Crippen molar-refractivity contribution >= 4 is 10.1 Å². The van der Waals surface area contributed by atoms with Gasteiger partial charge >= 0.3 is 29.6 Å². The standard InChI is InChI=1S/C11H24O5S.Na/c1-3-5-6-10(4-2)7-16-8-11(12)9-17(13,14)15;/h10-12H,3-9H2,1-2H3,(H,13,14,15);/q;+1/p-1. The second kappa shape index (κ2) is 11.6. The summed E-state index contributed by atoms with van der Waals surface area (Å²) in [6.45, 7) is 4.61. The van der Waals surface area contributed by atoms with Crippen LogP contribution >= 0.6 is 0 Å². The van der Waals surface area contributed by atoms with E-state index in [0.29, 0.717) is 12.5 Å². The second-order valence-corrected chi connectivity index (χ2v) is 5.78. The normalized spacial score (nSPS) is 14.9. The monoisotopic (exact) mass is 290 g/mol. The third kappa shape index (κ3) is 13.3. The van der Waals surface area contributed by atoms with E-state index in [0.717, 1.165) is 25.7 Å². The van der Waals surface area contributed by atoms with Crippen LogP contribution in [-0.4, -0.2) is 43.1 Å². The molecule has 18 heavy (non-hydrogen) atoms. The minimum Gasteiger partial charge on any atom is -0.748 e. The SMILES string of the molecule is CCCCC(CC)COCC(O)CS(=O)(=O)[O-].[Na+]. The van der Waals surface area contributed by atoms with E-state index in [1.807, 2.05) is 0 Å². The Morgan fingerprint density at radius 2 is 1.89 bits per heavy atom. The molecule has 0 aliphatic rings. The van der Waals surface area contributed by atoms with E-state index < -0.39 is 22.0 Å². The van der Waals surface area contributed by atoms with Crippen LogP contribution in [0, 0.1) is 5.92 Å². The van der Waals surface area contributed by atoms with Crippen molar-refractivity contribution in [2.24, 2.45) is 5.92 Å². The van der Waals surface area contributed by atoms with Gasteiger partial charge in [-0.1, -0.05) is 33.1 Å². The van der Waals surface area contributed by atoms with Crippen molar-refractivity contribution in [1.29, 1.82) is 0 Å². The first-order chi connectivity index (χ1) is 7.89. The van der Waals surface area contributed by atoms with Gasteiger partial charge in [-0.15, -0.1) is 0 Å². The number of hydrogen-bond acceptors (Lipinski definition) is 5. The van der Waals surface area contributed by atoms with Crippen LogP contribution in [0.1, 0.15) is 39.5 Å². The van der Waals surface area contributed by atoms with E-state index in [2.05, 4.69) is 13.8 Å². The van der Waals surface area contributed by atoms with Gasteiger partial charge in [0.05, 0.1) is 28.6 Å². The molecule has 0 rings (SSSR count). The average Bonchev–Trinajstić information content (AvgIpc) is 2.20. The molecular weight excluding hydrogens is 267 g/mol. The van der Waals surface area contributed by atoms with Gasteiger partial charge in [0.1, 0.15) is 0 Å². The number of hydrogen-bond donors (Lipinski definition) is 1. The number of aliphatic hydroxyl groups excluding tert-OH is 1. The fourth-order valence-electron chi connectivity index (χ4n) is 1.55. The molecule has 0 amide bonds. The van der Waals surface area contributed by atoms with Crippen molar-refractivity contribution in [3.05, 3.63) is 0 Å². The van der Waals surface area contributed by atoms with Crippen LogP contribution in [-0.2, 0) is 14.9 Å². The van der Waals surface area contributed by atoms with E-state index in [1.54, 1.807) is 0 Å². The van der Waals surface area contributed by atoms with E-state index in [4.69, 9.17) is 4.74 Å². The molecule has 2 unspecified atom stereocenters. The molecule has 1 N–H and O–H groups in total. The molecular formula is C11H23NaO5S. The molecule has 5 nitrogen and oxygen atoms in total. The van der Waals surface area contributed by atoms with E-state index in [9.17, 15) is 18.1 Å². The molecule has 0 saturated heterocycles. The number of rotatable bonds is 10. The van der Waals surface area contributed by atoms with E-state index in [1.165, 1.54) is 0 Å². The van der Waals surface area contributed by atoms with Crippen LogP contribution in [0.3, 0.4) is 0 Å². The molecule has 0 saturated carbocycles. The fourth-order valence-corrected chi connectivity index (χ4v) is 2.12. The van der Waals surface area contributed by atoms with Crippen molar-refractivity contribution in [2.45, 2.75) is 45.6 Å². The maximum absolute atomic E-state index is 10.4. The van der Waals surface area contributed by atoms with Gasteiger partial charge in [-0.2, -0.15) is 0 Å². The summed E-state index contributed by atoms with van der Waals surface area (Å²) in [4.78, 5) is 0. The molecule has 0 radical (unpaired) electrons. The Bertz CT molecular complexity index is 281. The number of aliphatic hydroxyl groups is 1. The minimum atomic E-state index is -4.37. The van der Waals surface area contributed by atoms with Crippen molar-refractivity contribution in [3.63, 3.8) is 0 Å². The van der Waals surface area contributed by atoms with E-state index in [-0.39, 0.29) is 36.2 Å². The van der Waals surface area contributed by atoms with Crippen molar-refractivity contribution in [3.8, 4) is 0 Å². The Balaban J connectivity index is 0. The molecule has 0 spiro atoms. The van der Waals surface area contributed by atoms with Crippen LogP contribution < -0.4 is 29.6 Å². The molecule has 2 atom stereocenters. The summed E-state index contributed by atoms with van der Waals surface area (Å²) >= 11 is 0. The summed E-state index contributed by atoms with van der Waals surface area (Å²) in [5.41, 5.74) is 0. The summed E-state index contributed by atoms with van der Waals surface area (Å²) in [5.74, 6) is -0.343. The maximum Gasteiger partial charge on any atom is 1.00 e. The first-order valence-electron chi connectivity index (χ1n) is 6.08. The first kappa shape index (κ1) is 21.1. The predicted octanol–water partition coefficient (Wildman–Crippen LogP) is -1.87. The first-order valence-corrected chi connectivity index (χ1v) is 7.66. The average molecular weight is 290 g/mol. The van der Waals surface area contributed by atoms with Gasteiger partial charge in [-0.25, -0.2) is 8.42 Å². The number of ether oxygens (including phenoxy) is 1. The molecule has 0 bridgehead atoms. The minimum absolute atomic E-state index is 0. The smallest absolute Gasteiger partial charge is 0.748 e. The van der Waals surface area contributed by atoms with Gasteiger partial charge in [0, 0.05) is 6.61 Å². The fraction of sp³-hybridized carbons (Fsp3) is 1.00. The second-order valence-electron chi connectivity index (χ2n) is 4.33.